The Kier molecular flexibility index (Phi) is 37.4. The van der Waals surface area contributed by atoms with Gasteiger partial charge in [-0.05, 0) is 83.1 Å². The molecule has 0 aliphatic carbocycles. The maximum Gasteiger partial charge on any atom is 0.376 e. The summed E-state index contributed by atoms with van der Waals surface area (Å²) in [6.07, 6.45) is 0. The van der Waals surface area contributed by atoms with Gasteiger partial charge in [-0.1, -0.05) is 25.8 Å². The van der Waals surface area contributed by atoms with E-state index in [0.717, 1.165) is 78.5 Å². The minimum Gasteiger partial charge on any atom is -0.560 e. The molecule has 0 fully saturated rings. The molecule has 0 bridgehead atoms. The molecule has 0 rings (SSSR count). The van der Waals surface area contributed by atoms with Gasteiger partial charge in [0.2, 0.25) is 0 Å². The Balaban J connectivity index is -0.000000255. The van der Waals surface area contributed by atoms with Crippen molar-refractivity contribution in [3.8, 4) is 0 Å². The molecule has 0 aromatic carbocycles. The first kappa shape index (κ1) is 46.9. The molecule has 244 valence electrons. The van der Waals surface area contributed by atoms with E-state index in [4.69, 9.17) is 18.5 Å². The second-order valence-corrected chi connectivity index (χ2v) is 12.7. The van der Waals surface area contributed by atoms with Gasteiger partial charge in [-0.15, -0.1) is 0 Å². The van der Waals surface area contributed by atoms with Crippen molar-refractivity contribution in [2.24, 2.45) is 0 Å². The van der Waals surface area contributed by atoms with E-state index in [1.165, 1.54) is 0 Å². The molecular formula is C24H60F2N6O4S2Si2. The summed E-state index contributed by atoms with van der Waals surface area (Å²) in [4.78, 5) is 16.8. The van der Waals surface area contributed by atoms with E-state index in [-0.39, 0.29) is 22.9 Å². The maximum absolute atomic E-state index is 9.99. The molecule has 0 unspecified atom stereocenters. The van der Waals surface area contributed by atoms with Crippen molar-refractivity contribution >= 4 is 41.4 Å². The van der Waals surface area contributed by atoms with E-state index >= 15 is 0 Å². The second kappa shape index (κ2) is 31.9. The zero-order valence-corrected chi connectivity index (χ0v) is 31.0. The third-order valence-corrected chi connectivity index (χ3v) is 11.5. The number of rotatable bonds is 18. The van der Waals surface area contributed by atoms with E-state index in [9.17, 15) is 8.22 Å². The summed E-state index contributed by atoms with van der Waals surface area (Å²) in [7, 11) is -7.76. The largest absolute Gasteiger partial charge is 0.560 e. The van der Waals surface area contributed by atoms with Crippen molar-refractivity contribution in [3.63, 3.8) is 0 Å². The van der Waals surface area contributed by atoms with Crippen LogP contribution >= 0.6 is 0 Å². The van der Waals surface area contributed by atoms with Gasteiger partial charge in [-0.3, -0.25) is 8.22 Å². The third kappa shape index (κ3) is 22.5. The van der Waals surface area contributed by atoms with Crippen LogP contribution in [0.25, 0.3) is 0 Å². The Bertz CT molecular complexity index is 464. The molecule has 0 heterocycles. The molecule has 0 spiro atoms. The fourth-order valence-corrected chi connectivity index (χ4v) is 8.44. The Morgan fingerprint density at radius 3 is 0.525 bits per heavy atom. The number of halogens is 2. The van der Waals surface area contributed by atoms with Gasteiger partial charge in [0.1, 0.15) is 0 Å². The minimum atomic E-state index is -3.88. The summed E-state index contributed by atoms with van der Waals surface area (Å²) >= 11 is 0.324. The highest BCUT2D eigenvalue weighted by Crippen LogP contribution is 2.17. The summed E-state index contributed by atoms with van der Waals surface area (Å²) in [5.74, 6) is 0. The average Bonchev–Trinajstić information content (AvgIpc) is 2.92. The lowest BCUT2D eigenvalue weighted by molar-refractivity contribution is -0.215. The first-order chi connectivity index (χ1) is 18.8. The van der Waals surface area contributed by atoms with E-state index in [1.54, 1.807) is 0 Å². The summed E-state index contributed by atoms with van der Waals surface area (Å²) in [5, 5.41) is 0. The summed E-state index contributed by atoms with van der Waals surface area (Å²) < 4.78 is 52.2. The Labute approximate surface area is 255 Å². The van der Waals surface area contributed by atoms with Crippen molar-refractivity contribution < 1.29 is 26.7 Å². The molecule has 0 saturated heterocycles. The van der Waals surface area contributed by atoms with Crippen LogP contribution in [0.15, 0.2) is 0 Å². The van der Waals surface area contributed by atoms with Gasteiger partial charge in [0, 0.05) is 78.5 Å². The summed E-state index contributed by atoms with van der Waals surface area (Å²) in [5.41, 5.74) is 0. The summed E-state index contributed by atoms with van der Waals surface area (Å²) in [6, 6.07) is 0. The SMILES string of the molecule is CCN(CC)[S+](N(CC)CC)N(CC)CC.CCN(CC)[S+](N(CC)CC)N(CC)CC.O=[Si]([O-])F.O=[Si]([O-])F. The predicted octanol–water partition coefficient (Wildman–Crippen LogP) is 2.21. The van der Waals surface area contributed by atoms with Crippen LogP contribution in [0.4, 0.5) is 8.22 Å². The van der Waals surface area contributed by atoms with Gasteiger partial charge in [0.05, 0.1) is 0 Å². The van der Waals surface area contributed by atoms with Gasteiger partial charge in [0.15, 0.2) is 0 Å². The monoisotopic (exact) mass is 654 g/mol. The third-order valence-electron chi connectivity index (χ3n) is 5.62. The number of hydrogen-bond donors (Lipinski definition) is 0. The summed E-state index contributed by atoms with van der Waals surface area (Å²) in [6.45, 7) is 40.7. The lowest BCUT2D eigenvalue weighted by atomic mass is 10.7. The van der Waals surface area contributed by atoms with E-state index < -0.39 is 18.5 Å². The normalized spacial score (nSPS) is 11.2. The van der Waals surface area contributed by atoms with Crippen LogP contribution in [0.1, 0.15) is 83.1 Å². The van der Waals surface area contributed by atoms with Crippen LogP contribution in [0.5, 0.6) is 0 Å². The van der Waals surface area contributed by atoms with E-state index in [2.05, 4.69) is 109 Å². The first-order valence-electron chi connectivity index (χ1n) is 14.6. The van der Waals surface area contributed by atoms with Crippen LogP contribution in [-0.4, -0.2) is 123 Å². The lowest BCUT2D eigenvalue weighted by Gasteiger charge is -2.30. The lowest BCUT2D eigenvalue weighted by Crippen LogP contribution is -2.53. The zero-order chi connectivity index (χ0) is 32.3. The van der Waals surface area contributed by atoms with Crippen LogP contribution in [0.3, 0.4) is 0 Å². The fraction of sp³-hybridized carbons (Fsp3) is 1.00. The topological polar surface area (TPSA) is 99.7 Å². The van der Waals surface area contributed by atoms with E-state index in [0.29, 0.717) is 0 Å². The molecule has 0 N–H and O–H groups in total. The fourth-order valence-electron chi connectivity index (χ4n) is 3.71. The van der Waals surface area contributed by atoms with Crippen molar-refractivity contribution in [1.29, 1.82) is 0 Å². The molecule has 0 aromatic rings. The molecule has 0 aliphatic heterocycles. The number of nitrogens with zero attached hydrogens (tertiary/aromatic N) is 6. The molecule has 0 saturated carbocycles. The van der Waals surface area contributed by atoms with Gasteiger partial charge >= 0.3 is 18.5 Å². The van der Waals surface area contributed by atoms with Gasteiger partial charge < -0.3 is 18.5 Å². The Morgan fingerprint density at radius 1 is 0.400 bits per heavy atom. The molecule has 0 radical (unpaired) electrons. The standard InChI is InChI=1S/2C12H30N3S.2FO2Si/c2*1-7-13(8-2)16(14(9-3)10-4)15(11-5)12-6;2*1-4(2)3/h2*7-12H2,1-6H3;;/q2*+1;2*-1. The molecule has 16 heteroatoms. The molecule has 0 aromatic heterocycles. The highest BCUT2D eigenvalue weighted by molar-refractivity contribution is 7.90. The second-order valence-electron chi connectivity index (χ2n) is 7.65. The van der Waals surface area contributed by atoms with Gasteiger partial charge in [-0.2, -0.15) is 0 Å². The number of hydrogen-bond acceptors (Lipinski definition) is 10. The average molecular weight is 655 g/mol. The van der Waals surface area contributed by atoms with Crippen LogP contribution in [0.2, 0.25) is 0 Å². The van der Waals surface area contributed by atoms with Crippen LogP contribution in [0, 0.1) is 0 Å². The maximum atomic E-state index is 9.99. The molecule has 0 atom stereocenters. The van der Waals surface area contributed by atoms with Crippen LogP contribution in [-0.2, 0) is 31.8 Å². The van der Waals surface area contributed by atoms with Crippen molar-refractivity contribution in [2.75, 3.05) is 78.5 Å². The van der Waals surface area contributed by atoms with E-state index in [1.807, 2.05) is 0 Å². The van der Waals surface area contributed by atoms with Gasteiger partial charge in [-0.25, -0.2) is 0 Å². The highest BCUT2D eigenvalue weighted by atomic mass is 32.2. The molecule has 40 heavy (non-hydrogen) atoms. The molecule has 10 nitrogen and oxygen atoms in total. The highest BCUT2D eigenvalue weighted by Gasteiger charge is 2.40. The predicted molar refractivity (Wildman–Crippen MR) is 167 cm³/mol. The van der Waals surface area contributed by atoms with Crippen LogP contribution < -0.4 is 9.59 Å². The zero-order valence-electron chi connectivity index (χ0n) is 27.4. The van der Waals surface area contributed by atoms with Crippen molar-refractivity contribution in [3.05, 3.63) is 0 Å². The quantitative estimate of drug-likeness (QED) is 0.124. The van der Waals surface area contributed by atoms with Gasteiger partial charge in [0.25, 0.3) is 22.9 Å². The Hall–Kier alpha value is -0.0462. The smallest absolute Gasteiger partial charge is 0.376 e. The first-order valence-corrected chi connectivity index (χ1v) is 19.1. The van der Waals surface area contributed by atoms with Crippen molar-refractivity contribution in [2.45, 2.75) is 83.1 Å². The van der Waals surface area contributed by atoms with Crippen molar-refractivity contribution in [1.82, 2.24) is 25.8 Å². The Morgan fingerprint density at radius 2 is 0.475 bits per heavy atom. The molecule has 0 amide bonds. The molecule has 0 aliphatic rings. The minimum absolute atomic E-state index is 0.162. The molecular weight excluding hydrogens is 595 g/mol.